The fraction of sp³-hybridized carbons (Fsp3) is 0.350. The molecular formula is C20H22FN5O2. The van der Waals surface area contributed by atoms with Crippen LogP contribution in [0.15, 0.2) is 36.5 Å². The van der Waals surface area contributed by atoms with Crippen LogP contribution in [0.1, 0.15) is 22.3 Å². The van der Waals surface area contributed by atoms with Gasteiger partial charge in [0.1, 0.15) is 11.6 Å². The van der Waals surface area contributed by atoms with Gasteiger partial charge in [-0.15, -0.1) is 0 Å². The summed E-state index contributed by atoms with van der Waals surface area (Å²) in [6.07, 6.45) is 2.41. The highest BCUT2D eigenvalue weighted by Crippen LogP contribution is 2.24. The van der Waals surface area contributed by atoms with Crippen molar-refractivity contribution in [2.24, 2.45) is 0 Å². The second-order valence-electron chi connectivity index (χ2n) is 7.07. The quantitative estimate of drug-likeness (QED) is 0.847. The first-order valence-electron chi connectivity index (χ1n) is 9.38. The zero-order valence-corrected chi connectivity index (χ0v) is 15.4. The Labute approximate surface area is 162 Å². The molecule has 8 heteroatoms. The lowest BCUT2D eigenvalue weighted by Gasteiger charge is -2.23. The molecule has 1 saturated heterocycles. The molecule has 2 aromatic rings. The smallest absolute Gasteiger partial charge is 0.255 e. The predicted molar refractivity (Wildman–Crippen MR) is 104 cm³/mol. The van der Waals surface area contributed by atoms with Crippen molar-refractivity contribution in [2.45, 2.75) is 13.0 Å². The van der Waals surface area contributed by atoms with Gasteiger partial charge in [0.25, 0.3) is 5.91 Å². The Morgan fingerprint density at radius 3 is 2.79 bits per heavy atom. The van der Waals surface area contributed by atoms with Crippen molar-refractivity contribution in [3.8, 4) is 0 Å². The summed E-state index contributed by atoms with van der Waals surface area (Å²) in [4.78, 5) is 32.8. The van der Waals surface area contributed by atoms with Gasteiger partial charge in [-0.25, -0.2) is 9.37 Å². The van der Waals surface area contributed by atoms with Gasteiger partial charge in [-0.3, -0.25) is 14.5 Å². The van der Waals surface area contributed by atoms with E-state index in [0.717, 1.165) is 31.6 Å². The summed E-state index contributed by atoms with van der Waals surface area (Å²) in [5, 5.41) is 5.66. The monoisotopic (exact) mass is 383 g/mol. The van der Waals surface area contributed by atoms with E-state index in [9.17, 15) is 14.0 Å². The van der Waals surface area contributed by atoms with Gasteiger partial charge in [0.2, 0.25) is 5.91 Å². The van der Waals surface area contributed by atoms with Crippen LogP contribution in [0.4, 0.5) is 15.9 Å². The van der Waals surface area contributed by atoms with Crippen LogP contribution in [0, 0.1) is 5.82 Å². The number of carbonyl (C=O) groups is 2. The fourth-order valence-corrected chi connectivity index (χ4v) is 3.54. The van der Waals surface area contributed by atoms with E-state index in [4.69, 9.17) is 0 Å². The number of anilines is 2. The van der Waals surface area contributed by atoms with Gasteiger partial charge in [0.15, 0.2) is 0 Å². The van der Waals surface area contributed by atoms with E-state index in [1.807, 2.05) is 4.90 Å². The summed E-state index contributed by atoms with van der Waals surface area (Å²) in [6.45, 7) is 3.83. The summed E-state index contributed by atoms with van der Waals surface area (Å²) in [5.74, 6) is 0.114. The summed E-state index contributed by atoms with van der Waals surface area (Å²) in [5.41, 5.74) is 2.06. The molecule has 1 aromatic carbocycles. The molecule has 7 nitrogen and oxygen atoms in total. The number of rotatable bonds is 3. The maximum atomic E-state index is 13.1. The molecule has 2 aliphatic heterocycles. The van der Waals surface area contributed by atoms with E-state index < -0.39 is 0 Å². The third-order valence-corrected chi connectivity index (χ3v) is 5.02. The lowest BCUT2D eigenvalue weighted by Crippen LogP contribution is -2.35. The average molecular weight is 383 g/mol. The molecule has 1 fully saturated rings. The lowest BCUT2D eigenvalue weighted by atomic mass is 10.2. The van der Waals surface area contributed by atoms with Gasteiger partial charge in [-0.1, -0.05) is 12.1 Å². The first-order valence-corrected chi connectivity index (χ1v) is 9.38. The molecule has 28 heavy (non-hydrogen) atoms. The Morgan fingerprint density at radius 2 is 1.96 bits per heavy atom. The van der Waals surface area contributed by atoms with Crippen LogP contribution in [0.2, 0.25) is 0 Å². The molecule has 2 amide bonds. The van der Waals surface area contributed by atoms with Crippen molar-refractivity contribution in [1.82, 2.24) is 14.8 Å². The molecule has 1 aromatic heterocycles. The van der Waals surface area contributed by atoms with Gasteiger partial charge in [-0.05, 0) is 30.2 Å². The molecule has 0 aliphatic carbocycles. The average Bonchev–Trinajstić information content (AvgIpc) is 2.94. The Balaban J connectivity index is 1.40. The van der Waals surface area contributed by atoms with Crippen molar-refractivity contribution < 1.29 is 14.0 Å². The summed E-state index contributed by atoms with van der Waals surface area (Å²) < 4.78 is 13.1. The summed E-state index contributed by atoms with van der Waals surface area (Å²) in [6, 6.07) is 8.21. The molecule has 3 heterocycles. The minimum absolute atomic E-state index is 0.0845. The van der Waals surface area contributed by atoms with Crippen LogP contribution in [0.5, 0.6) is 0 Å². The van der Waals surface area contributed by atoms with E-state index in [2.05, 4.69) is 20.5 Å². The van der Waals surface area contributed by atoms with Gasteiger partial charge in [0.05, 0.1) is 17.8 Å². The third kappa shape index (κ3) is 4.12. The highest BCUT2D eigenvalue weighted by atomic mass is 19.1. The van der Waals surface area contributed by atoms with Crippen LogP contribution in [-0.2, 0) is 11.3 Å². The van der Waals surface area contributed by atoms with E-state index in [1.165, 1.54) is 12.1 Å². The first-order chi connectivity index (χ1) is 13.6. The van der Waals surface area contributed by atoms with Crippen LogP contribution in [-0.4, -0.2) is 59.3 Å². The van der Waals surface area contributed by atoms with Crippen molar-refractivity contribution in [3.63, 3.8) is 0 Å². The van der Waals surface area contributed by atoms with Crippen LogP contribution < -0.4 is 10.6 Å². The standard InChI is InChI=1S/C20H22FN5O2/c21-16-4-2-14(3-5-16)13-25-6-1-7-26(9-8-25)20(28)15-10-17-19(22-11-15)23-12-18(27)24-17/h2-5,10-11H,1,6-9,12-13H2,(H,22,23)(H,24,27). The Kier molecular flexibility index (Phi) is 5.21. The van der Waals surface area contributed by atoms with Crippen molar-refractivity contribution in [3.05, 3.63) is 53.5 Å². The van der Waals surface area contributed by atoms with E-state index in [-0.39, 0.29) is 24.2 Å². The number of aromatic nitrogens is 1. The molecule has 0 spiro atoms. The zero-order chi connectivity index (χ0) is 19.5. The van der Waals surface area contributed by atoms with Gasteiger partial charge in [-0.2, -0.15) is 0 Å². The SMILES string of the molecule is O=C1CNc2ncc(C(=O)N3CCCN(Cc4ccc(F)cc4)CC3)cc2N1. The zero-order valence-electron chi connectivity index (χ0n) is 15.4. The van der Waals surface area contributed by atoms with Crippen LogP contribution >= 0.6 is 0 Å². The van der Waals surface area contributed by atoms with E-state index >= 15 is 0 Å². The molecule has 4 rings (SSSR count). The minimum atomic E-state index is -0.235. The molecule has 0 bridgehead atoms. The van der Waals surface area contributed by atoms with Crippen LogP contribution in [0.3, 0.4) is 0 Å². The lowest BCUT2D eigenvalue weighted by molar-refractivity contribution is -0.114. The minimum Gasteiger partial charge on any atom is -0.359 e. The Morgan fingerprint density at radius 1 is 1.14 bits per heavy atom. The normalized spacial score (nSPS) is 17.3. The van der Waals surface area contributed by atoms with E-state index in [0.29, 0.717) is 30.2 Å². The maximum absolute atomic E-state index is 13.1. The molecular weight excluding hydrogens is 361 g/mol. The number of hydrogen-bond donors (Lipinski definition) is 2. The number of benzene rings is 1. The molecule has 0 saturated carbocycles. The predicted octanol–water partition coefficient (Wildman–Crippen LogP) is 1.93. The largest absolute Gasteiger partial charge is 0.359 e. The van der Waals surface area contributed by atoms with E-state index in [1.54, 1.807) is 24.4 Å². The number of pyridine rings is 1. The maximum Gasteiger partial charge on any atom is 0.255 e. The van der Waals surface area contributed by atoms with Gasteiger partial charge < -0.3 is 15.5 Å². The van der Waals surface area contributed by atoms with Crippen molar-refractivity contribution in [2.75, 3.05) is 43.4 Å². The molecule has 2 aliphatic rings. The van der Waals surface area contributed by atoms with Crippen molar-refractivity contribution in [1.29, 1.82) is 0 Å². The third-order valence-electron chi connectivity index (χ3n) is 5.02. The molecule has 0 radical (unpaired) electrons. The number of halogens is 1. The summed E-state index contributed by atoms with van der Waals surface area (Å²) >= 11 is 0. The highest BCUT2D eigenvalue weighted by Gasteiger charge is 2.23. The Hall–Kier alpha value is -3.00. The second kappa shape index (κ2) is 7.93. The number of amides is 2. The number of nitrogens with zero attached hydrogens (tertiary/aromatic N) is 3. The molecule has 0 unspecified atom stereocenters. The van der Waals surface area contributed by atoms with Gasteiger partial charge >= 0.3 is 0 Å². The summed E-state index contributed by atoms with van der Waals surface area (Å²) in [7, 11) is 0. The van der Waals surface area contributed by atoms with Crippen LogP contribution in [0.25, 0.3) is 0 Å². The molecule has 0 atom stereocenters. The number of hydrogen-bond acceptors (Lipinski definition) is 5. The number of fused-ring (bicyclic) bond motifs is 1. The fourth-order valence-electron chi connectivity index (χ4n) is 3.54. The highest BCUT2D eigenvalue weighted by molar-refractivity contribution is 6.02. The molecule has 2 N–H and O–H groups in total. The van der Waals surface area contributed by atoms with Crippen molar-refractivity contribution >= 4 is 23.3 Å². The topological polar surface area (TPSA) is 77.6 Å². The number of nitrogens with one attached hydrogen (secondary N) is 2. The molecule has 146 valence electrons. The first kappa shape index (κ1) is 18.4. The second-order valence-corrected chi connectivity index (χ2v) is 7.07. The van der Waals surface area contributed by atoms with Gasteiger partial charge in [0, 0.05) is 38.9 Å². The Bertz CT molecular complexity index is 887. The number of carbonyl (C=O) groups excluding carboxylic acids is 2.